The molecule has 0 aromatic carbocycles. The number of rotatable bonds is 1. The van der Waals surface area contributed by atoms with Crippen LogP contribution >= 0.6 is 0 Å². The lowest BCUT2D eigenvalue weighted by molar-refractivity contribution is 0.0972. The summed E-state index contributed by atoms with van der Waals surface area (Å²) in [4.78, 5) is 14.0. The molecule has 4 heteroatoms. The molecule has 0 aliphatic rings. The quantitative estimate of drug-likeness (QED) is 0.579. The van der Waals surface area contributed by atoms with Gasteiger partial charge in [0, 0.05) is 6.92 Å². The summed E-state index contributed by atoms with van der Waals surface area (Å²) in [5, 5.41) is 0. The normalized spacial score (nSPS) is 9.44. The number of primary amides is 1. The Hall–Kier alpha value is -1.32. The van der Waals surface area contributed by atoms with Crippen molar-refractivity contribution in [1.82, 2.24) is 4.98 Å². The van der Waals surface area contributed by atoms with Gasteiger partial charge in [0.25, 0.3) is 5.91 Å². The standard InChI is InChI=1S/C5H6N2O2/c1-3-7-2-4(9-3)5(6)8/h2H,1H3,(H2,6,8). The number of oxazole rings is 1. The predicted molar refractivity (Wildman–Crippen MR) is 29.8 cm³/mol. The average molecular weight is 126 g/mol. The van der Waals surface area contributed by atoms with Crippen LogP contribution in [0.4, 0.5) is 0 Å². The minimum atomic E-state index is -0.587. The van der Waals surface area contributed by atoms with E-state index >= 15 is 0 Å². The lowest BCUT2D eigenvalue weighted by Crippen LogP contribution is -2.09. The van der Waals surface area contributed by atoms with Gasteiger partial charge in [0.1, 0.15) is 0 Å². The molecular weight excluding hydrogens is 120 g/mol. The van der Waals surface area contributed by atoms with E-state index in [-0.39, 0.29) is 5.76 Å². The molecule has 9 heavy (non-hydrogen) atoms. The van der Waals surface area contributed by atoms with Crippen molar-refractivity contribution in [3.8, 4) is 0 Å². The molecular formula is C5H6N2O2. The van der Waals surface area contributed by atoms with E-state index in [1.54, 1.807) is 6.92 Å². The summed E-state index contributed by atoms with van der Waals surface area (Å²) in [5.41, 5.74) is 4.85. The Labute approximate surface area is 51.7 Å². The van der Waals surface area contributed by atoms with Crippen molar-refractivity contribution < 1.29 is 9.21 Å². The highest BCUT2D eigenvalue weighted by molar-refractivity contribution is 5.89. The van der Waals surface area contributed by atoms with E-state index < -0.39 is 5.91 Å². The third-order valence-corrected chi connectivity index (χ3v) is 0.864. The lowest BCUT2D eigenvalue weighted by atomic mass is 10.5. The number of nitrogens with two attached hydrogens (primary N) is 1. The molecule has 2 N–H and O–H groups in total. The van der Waals surface area contributed by atoms with Gasteiger partial charge in [0.15, 0.2) is 5.89 Å². The van der Waals surface area contributed by atoms with Crippen molar-refractivity contribution in [2.45, 2.75) is 6.92 Å². The zero-order valence-electron chi connectivity index (χ0n) is 4.92. The van der Waals surface area contributed by atoms with Crippen LogP contribution in [0.3, 0.4) is 0 Å². The van der Waals surface area contributed by atoms with Crippen LogP contribution < -0.4 is 5.73 Å². The Morgan fingerprint density at radius 1 is 1.89 bits per heavy atom. The van der Waals surface area contributed by atoms with Crippen LogP contribution in [0, 0.1) is 6.92 Å². The van der Waals surface area contributed by atoms with E-state index in [2.05, 4.69) is 4.98 Å². The molecule has 0 spiro atoms. The maximum Gasteiger partial charge on any atom is 0.286 e. The van der Waals surface area contributed by atoms with Gasteiger partial charge in [-0.1, -0.05) is 0 Å². The van der Waals surface area contributed by atoms with Gasteiger partial charge in [-0.3, -0.25) is 4.79 Å². The number of nitrogens with zero attached hydrogens (tertiary/aromatic N) is 1. The van der Waals surface area contributed by atoms with Crippen molar-refractivity contribution in [3.63, 3.8) is 0 Å². The maximum atomic E-state index is 10.3. The van der Waals surface area contributed by atoms with Crippen LogP contribution in [0.2, 0.25) is 0 Å². The van der Waals surface area contributed by atoms with Gasteiger partial charge in [-0.15, -0.1) is 0 Å². The fourth-order valence-electron chi connectivity index (χ4n) is 0.475. The van der Waals surface area contributed by atoms with Gasteiger partial charge in [0.2, 0.25) is 5.76 Å². The molecule has 1 heterocycles. The van der Waals surface area contributed by atoms with Gasteiger partial charge in [0.05, 0.1) is 6.20 Å². The zero-order chi connectivity index (χ0) is 6.85. The number of aromatic nitrogens is 1. The second-order valence-electron chi connectivity index (χ2n) is 1.61. The van der Waals surface area contributed by atoms with Crippen LogP contribution in [-0.2, 0) is 0 Å². The number of aryl methyl sites for hydroxylation is 1. The summed E-state index contributed by atoms with van der Waals surface area (Å²) < 4.78 is 4.76. The van der Waals surface area contributed by atoms with Gasteiger partial charge in [-0.2, -0.15) is 0 Å². The van der Waals surface area contributed by atoms with E-state index in [1.807, 2.05) is 0 Å². The summed E-state index contributed by atoms with van der Waals surface area (Å²) in [5.74, 6) is -0.0353. The molecule has 0 fully saturated rings. The minimum absolute atomic E-state index is 0.104. The average Bonchev–Trinajstić information content (AvgIpc) is 2.14. The summed E-state index contributed by atoms with van der Waals surface area (Å²) in [6.07, 6.45) is 1.30. The highest BCUT2D eigenvalue weighted by Gasteiger charge is 2.03. The van der Waals surface area contributed by atoms with Gasteiger partial charge in [-0.05, 0) is 0 Å². The molecule has 1 amide bonds. The van der Waals surface area contributed by atoms with Crippen molar-refractivity contribution in [2.75, 3.05) is 0 Å². The summed E-state index contributed by atoms with van der Waals surface area (Å²) in [6, 6.07) is 0. The number of hydrogen-bond acceptors (Lipinski definition) is 3. The van der Waals surface area contributed by atoms with Gasteiger partial charge < -0.3 is 10.2 Å². The van der Waals surface area contributed by atoms with E-state index in [0.717, 1.165) is 0 Å². The summed E-state index contributed by atoms with van der Waals surface area (Å²) >= 11 is 0. The third-order valence-electron chi connectivity index (χ3n) is 0.864. The summed E-state index contributed by atoms with van der Waals surface area (Å²) in [6.45, 7) is 1.65. The van der Waals surface area contributed by atoms with Crippen LogP contribution in [0.1, 0.15) is 16.4 Å². The van der Waals surface area contributed by atoms with Crippen molar-refractivity contribution in [1.29, 1.82) is 0 Å². The predicted octanol–water partition coefficient (Wildman–Crippen LogP) is 0.0819. The monoisotopic (exact) mass is 126 g/mol. The molecule has 0 atom stereocenters. The number of amides is 1. The summed E-state index contributed by atoms with van der Waals surface area (Å²) in [7, 11) is 0. The minimum Gasteiger partial charge on any atom is -0.436 e. The first-order chi connectivity index (χ1) is 4.20. The third kappa shape index (κ3) is 1.07. The Morgan fingerprint density at radius 3 is 2.78 bits per heavy atom. The fourth-order valence-corrected chi connectivity index (χ4v) is 0.475. The van der Waals surface area contributed by atoms with E-state index in [0.29, 0.717) is 5.89 Å². The van der Waals surface area contributed by atoms with Crippen LogP contribution in [0.25, 0.3) is 0 Å². The van der Waals surface area contributed by atoms with Crippen LogP contribution in [0.15, 0.2) is 10.6 Å². The molecule has 0 saturated heterocycles. The first kappa shape index (κ1) is 5.81. The molecule has 48 valence electrons. The van der Waals surface area contributed by atoms with E-state index in [1.165, 1.54) is 6.20 Å². The first-order valence-corrected chi connectivity index (χ1v) is 2.42. The molecule has 0 aliphatic carbocycles. The maximum absolute atomic E-state index is 10.3. The lowest BCUT2D eigenvalue weighted by Gasteiger charge is -1.81. The van der Waals surface area contributed by atoms with Gasteiger partial charge in [-0.25, -0.2) is 4.98 Å². The number of carbonyl (C=O) groups excluding carboxylic acids is 1. The Balaban J connectivity index is 2.98. The molecule has 1 rings (SSSR count). The molecule has 0 unspecified atom stereocenters. The zero-order valence-corrected chi connectivity index (χ0v) is 4.92. The van der Waals surface area contributed by atoms with Crippen LogP contribution in [-0.4, -0.2) is 10.9 Å². The van der Waals surface area contributed by atoms with Crippen molar-refractivity contribution in [2.24, 2.45) is 5.73 Å². The fraction of sp³-hybridized carbons (Fsp3) is 0.200. The highest BCUT2D eigenvalue weighted by Crippen LogP contribution is 1.99. The molecule has 4 nitrogen and oxygen atoms in total. The molecule has 0 saturated carbocycles. The second-order valence-corrected chi connectivity index (χ2v) is 1.61. The number of carbonyl (C=O) groups is 1. The van der Waals surface area contributed by atoms with E-state index in [9.17, 15) is 4.79 Å². The highest BCUT2D eigenvalue weighted by atomic mass is 16.4. The van der Waals surface area contributed by atoms with Crippen molar-refractivity contribution in [3.05, 3.63) is 17.8 Å². The Morgan fingerprint density at radius 2 is 2.56 bits per heavy atom. The second kappa shape index (κ2) is 1.89. The topological polar surface area (TPSA) is 69.1 Å². The van der Waals surface area contributed by atoms with Crippen LogP contribution in [0.5, 0.6) is 0 Å². The Bertz CT molecular complexity index is 229. The number of hydrogen-bond donors (Lipinski definition) is 1. The smallest absolute Gasteiger partial charge is 0.286 e. The van der Waals surface area contributed by atoms with Crippen molar-refractivity contribution >= 4 is 5.91 Å². The molecule has 0 aliphatic heterocycles. The Kier molecular flexibility index (Phi) is 1.22. The SMILES string of the molecule is Cc1ncc(C(N)=O)o1. The largest absolute Gasteiger partial charge is 0.436 e. The molecule has 1 aromatic rings. The molecule has 0 radical (unpaired) electrons. The molecule has 1 aromatic heterocycles. The van der Waals surface area contributed by atoms with Gasteiger partial charge >= 0.3 is 0 Å². The first-order valence-electron chi connectivity index (χ1n) is 2.42. The molecule has 0 bridgehead atoms. The van der Waals surface area contributed by atoms with E-state index in [4.69, 9.17) is 10.2 Å².